The van der Waals surface area contributed by atoms with Crippen LogP contribution in [-0.2, 0) is 19.9 Å². The van der Waals surface area contributed by atoms with Crippen molar-refractivity contribution in [2.45, 2.75) is 12.8 Å². The number of hydrogen-bond donors (Lipinski definition) is 1. The van der Waals surface area contributed by atoms with Crippen molar-refractivity contribution in [2.75, 3.05) is 31.1 Å². The van der Waals surface area contributed by atoms with Crippen LogP contribution in [0, 0.1) is 0 Å². The molecule has 1 fully saturated rings. The molecule has 2 aromatic heterocycles. The van der Waals surface area contributed by atoms with Gasteiger partial charge in [0.25, 0.3) is 0 Å². The van der Waals surface area contributed by atoms with E-state index in [0.29, 0.717) is 0 Å². The van der Waals surface area contributed by atoms with Crippen LogP contribution in [0.5, 0.6) is 0 Å². The molecule has 2 aromatic rings. The standard InChI is InChI=1S/C13H19N5O/c1-17-13(18-8-6-14-7-9-18)15-12(16-17)5-4-11-3-2-10-19-11/h2-3,10,14H,4-9H2,1H3. The summed E-state index contributed by atoms with van der Waals surface area (Å²) in [5.41, 5.74) is 0. The van der Waals surface area contributed by atoms with Gasteiger partial charge in [0.15, 0.2) is 5.82 Å². The maximum atomic E-state index is 5.33. The summed E-state index contributed by atoms with van der Waals surface area (Å²) in [5.74, 6) is 2.83. The maximum absolute atomic E-state index is 5.33. The summed E-state index contributed by atoms with van der Waals surface area (Å²) in [4.78, 5) is 6.92. The van der Waals surface area contributed by atoms with E-state index >= 15 is 0 Å². The molecule has 3 rings (SSSR count). The molecule has 102 valence electrons. The molecule has 0 bridgehead atoms. The van der Waals surface area contributed by atoms with E-state index in [2.05, 4.69) is 20.3 Å². The normalized spacial score (nSPS) is 15.9. The first-order valence-corrected chi connectivity index (χ1v) is 6.71. The number of hydrogen-bond acceptors (Lipinski definition) is 5. The third kappa shape index (κ3) is 2.78. The van der Waals surface area contributed by atoms with Crippen molar-refractivity contribution >= 4 is 5.95 Å². The van der Waals surface area contributed by atoms with E-state index in [-0.39, 0.29) is 0 Å². The zero-order chi connectivity index (χ0) is 13.1. The first kappa shape index (κ1) is 12.2. The van der Waals surface area contributed by atoms with Gasteiger partial charge in [0, 0.05) is 46.1 Å². The van der Waals surface area contributed by atoms with Crippen molar-refractivity contribution in [1.82, 2.24) is 20.1 Å². The SMILES string of the molecule is Cn1nc(CCc2ccco2)nc1N1CCNCC1. The maximum Gasteiger partial charge on any atom is 0.223 e. The molecule has 1 aliphatic rings. The van der Waals surface area contributed by atoms with Crippen molar-refractivity contribution in [3.8, 4) is 0 Å². The topological polar surface area (TPSA) is 59.1 Å². The second-order valence-electron chi connectivity index (χ2n) is 4.77. The highest BCUT2D eigenvalue weighted by Crippen LogP contribution is 2.12. The Bertz CT molecular complexity index is 513. The lowest BCUT2D eigenvalue weighted by Gasteiger charge is -2.27. The number of anilines is 1. The van der Waals surface area contributed by atoms with Crippen molar-refractivity contribution in [3.63, 3.8) is 0 Å². The summed E-state index contributed by atoms with van der Waals surface area (Å²) in [7, 11) is 1.96. The minimum atomic E-state index is 0.813. The van der Waals surface area contributed by atoms with Gasteiger partial charge in [0.05, 0.1) is 6.26 Å². The Balaban J connectivity index is 1.66. The molecule has 1 aliphatic heterocycles. The zero-order valence-electron chi connectivity index (χ0n) is 11.2. The van der Waals surface area contributed by atoms with E-state index in [1.165, 1.54) is 0 Å². The minimum Gasteiger partial charge on any atom is -0.469 e. The number of rotatable bonds is 4. The van der Waals surface area contributed by atoms with Gasteiger partial charge < -0.3 is 14.6 Å². The average molecular weight is 261 g/mol. The Morgan fingerprint density at radius 1 is 1.32 bits per heavy atom. The fourth-order valence-corrected chi connectivity index (χ4v) is 2.36. The fourth-order valence-electron chi connectivity index (χ4n) is 2.36. The quantitative estimate of drug-likeness (QED) is 0.873. The van der Waals surface area contributed by atoms with Crippen molar-refractivity contribution < 1.29 is 4.42 Å². The third-order valence-electron chi connectivity index (χ3n) is 3.36. The van der Waals surface area contributed by atoms with Gasteiger partial charge in [0.2, 0.25) is 5.95 Å². The van der Waals surface area contributed by atoms with Crippen LogP contribution in [0.3, 0.4) is 0 Å². The van der Waals surface area contributed by atoms with Crippen molar-refractivity contribution in [3.05, 3.63) is 30.0 Å². The summed E-state index contributed by atoms with van der Waals surface area (Å²) >= 11 is 0. The molecule has 6 nitrogen and oxygen atoms in total. The zero-order valence-corrected chi connectivity index (χ0v) is 11.2. The molecular weight excluding hydrogens is 242 g/mol. The van der Waals surface area contributed by atoms with Gasteiger partial charge in [-0.25, -0.2) is 4.68 Å². The van der Waals surface area contributed by atoms with E-state index in [9.17, 15) is 0 Å². The van der Waals surface area contributed by atoms with E-state index in [1.807, 2.05) is 23.9 Å². The molecule has 0 amide bonds. The molecule has 3 heterocycles. The molecule has 0 unspecified atom stereocenters. The molecule has 1 N–H and O–H groups in total. The minimum absolute atomic E-state index is 0.813. The second-order valence-corrected chi connectivity index (χ2v) is 4.77. The number of nitrogens with one attached hydrogen (secondary N) is 1. The number of aromatic nitrogens is 3. The highest BCUT2D eigenvalue weighted by Gasteiger charge is 2.17. The van der Waals surface area contributed by atoms with Crippen LogP contribution in [0.25, 0.3) is 0 Å². The molecular formula is C13H19N5O. The molecule has 0 atom stereocenters. The predicted octanol–water partition coefficient (Wildman–Crippen LogP) is 0.603. The third-order valence-corrected chi connectivity index (χ3v) is 3.36. The highest BCUT2D eigenvalue weighted by molar-refractivity contribution is 5.31. The van der Waals surface area contributed by atoms with Crippen LogP contribution >= 0.6 is 0 Å². The summed E-state index contributed by atoms with van der Waals surface area (Å²) in [6.45, 7) is 4.00. The summed E-state index contributed by atoms with van der Waals surface area (Å²) in [6, 6.07) is 3.90. The monoisotopic (exact) mass is 261 g/mol. The Labute approximate surface area is 112 Å². The smallest absolute Gasteiger partial charge is 0.223 e. The Kier molecular flexibility index (Phi) is 3.50. The van der Waals surface area contributed by atoms with Crippen LogP contribution < -0.4 is 10.2 Å². The summed E-state index contributed by atoms with van der Waals surface area (Å²) in [5, 5.41) is 7.83. The average Bonchev–Trinajstić information content (AvgIpc) is 3.07. The van der Waals surface area contributed by atoms with E-state index < -0.39 is 0 Å². The molecule has 19 heavy (non-hydrogen) atoms. The highest BCUT2D eigenvalue weighted by atomic mass is 16.3. The lowest BCUT2D eigenvalue weighted by atomic mass is 10.2. The van der Waals surface area contributed by atoms with Crippen LogP contribution in [0.1, 0.15) is 11.6 Å². The van der Waals surface area contributed by atoms with Crippen LogP contribution in [0.2, 0.25) is 0 Å². The number of furan rings is 1. The largest absolute Gasteiger partial charge is 0.469 e. The first-order chi connectivity index (χ1) is 9.33. The summed E-state index contributed by atoms with van der Waals surface area (Å²) in [6.07, 6.45) is 3.36. The summed E-state index contributed by atoms with van der Waals surface area (Å²) < 4.78 is 7.21. The molecule has 0 saturated carbocycles. The Hall–Kier alpha value is -1.82. The van der Waals surface area contributed by atoms with E-state index in [0.717, 1.165) is 56.6 Å². The van der Waals surface area contributed by atoms with Crippen LogP contribution in [-0.4, -0.2) is 40.9 Å². The second kappa shape index (κ2) is 5.44. The molecule has 0 spiro atoms. The molecule has 0 radical (unpaired) electrons. The van der Waals surface area contributed by atoms with Gasteiger partial charge in [-0.05, 0) is 12.1 Å². The fraction of sp³-hybridized carbons (Fsp3) is 0.538. The van der Waals surface area contributed by atoms with Crippen molar-refractivity contribution in [1.29, 1.82) is 0 Å². The van der Waals surface area contributed by atoms with Gasteiger partial charge in [-0.3, -0.25) is 0 Å². The lowest BCUT2D eigenvalue weighted by Crippen LogP contribution is -2.44. The number of aryl methyl sites for hydroxylation is 3. The molecule has 6 heteroatoms. The molecule has 0 aromatic carbocycles. The van der Waals surface area contributed by atoms with Gasteiger partial charge in [-0.2, -0.15) is 10.1 Å². The van der Waals surface area contributed by atoms with Gasteiger partial charge in [-0.15, -0.1) is 0 Å². The Morgan fingerprint density at radius 2 is 2.16 bits per heavy atom. The molecule has 1 saturated heterocycles. The van der Waals surface area contributed by atoms with E-state index in [1.54, 1.807) is 6.26 Å². The van der Waals surface area contributed by atoms with Crippen molar-refractivity contribution in [2.24, 2.45) is 7.05 Å². The van der Waals surface area contributed by atoms with E-state index in [4.69, 9.17) is 4.42 Å². The Morgan fingerprint density at radius 3 is 2.89 bits per heavy atom. The van der Waals surface area contributed by atoms with Gasteiger partial charge >= 0.3 is 0 Å². The van der Waals surface area contributed by atoms with Gasteiger partial charge in [0.1, 0.15) is 5.76 Å². The lowest BCUT2D eigenvalue weighted by molar-refractivity contribution is 0.506. The van der Waals surface area contributed by atoms with Crippen LogP contribution in [0.4, 0.5) is 5.95 Å². The molecule has 0 aliphatic carbocycles. The predicted molar refractivity (Wildman–Crippen MR) is 72.2 cm³/mol. The first-order valence-electron chi connectivity index (χ1n) is 6.71. The van der Waals surface area contributed by atoms with Crippen LogP contribution in [0.15, 0.2) is 22.8 Å². The number of piperazine rings is 1. The number of nitrogens with zero attached hydrogens (tertiary/aromatic N) is 4. The van der Waals surface area contributed by atoms with Gasteiger partial charge in [-0.1, -0.05) is 0 Å².